The molecule has 170 valence electrons. The number of carbonyl (C=O) groups is 2. The number of nitrogens with zero attached hydrogens (tertiary/aromatic N) is 3. The van der Waals surface area contributed by atoms with E-state index in [1.165, 1.54) is 12.3 Å². The van der Waals surface area contributed by atoms with Crippen LogP contribution in [0.15, 0.2) is 45.9 Å². The van der Waals surface area contributed by atoms with Gasteiger partial charge < -0.3 is 19.3 Å². The molecule has 1 fully saturated rings. The Labute approximate surface area is 186 Å². The standard InChI is InChI=1S/C22H26N4O5S/c1-15-7-9-25(10-8-15)22(28)13-26-12-19(17-5-3-4-6-18(17)26)32(29,30)14-21(27)23-20-11-16(2)31-24-20/h3-6,11-12,15H,7-10,13-14H2,1-2H3,(H,23,24,27). The third kappa shape index (κ3) is 4.69. The van der Waals surface area contributed by atoms with E-state index in [4.69, 9.17) is 4.52 Å². The number of amides is 2. The van der Waals surface area contributed by atoms with Crippen molar-refractivity contribution in [3.63, 3.8) is 0 Å². The van der Waals surface area contributed by atoms with Crippen molar-refractivity contribution in [3.05, 3.63) is 42.3 Å². The smallest absolute Gasteiger partial charge is 0.242 e. The first kappa shape index (κ1) is 22.1. The van der Waals surface area contributed by atoms with Gasteiger partial charge in [-0.2, -0.15) is 0 Å². The van der Waals surface area contributed by atoms with Crippen molar-refractivity contribution in [2.24, 2.45) is 5.92 Å². The molecule has 1 N–H and O–H groups in total. The highest BCUT2D eigenvalue weighted by Crippen LogP contribution is 2.27. The molecule has 0 spiro atoms. The number of hydrogen-bond acceptors (Lipinski definition) is 6. The number of nitrogens with one attached hydrogen (secondary N) is 1. The summed E-state index contributed by atoms with van der Waals surface area (Å²) in [6.07, 6.45) is 3.40. The zero-order valence-corrected chi connectivity index (χ0v) is 18.9. The van der Waals surface area contributed by atoms with Crippen LogP contribution in [-0.2, 0) is 26.0 Å². The van der Waals surface area contributed by atoms with Gasteiger partial charge in [-0.05, 0) is 31.7 Å². The fourth-order valence-corrected chi connectivity index (χ4v) is 5.32. The van der Waals surface area contributed by atoms with Crippen LogP contribution in [-0.4, -0.2) is 53.7 Å². The average Bonchev–Trinajstić information content (AvgIpc) is 3.32. The number of piperidine rings is 1. The van der Waals surface area contributed by atoms with E-state index in [2.05, 4.69) is 17.4 Å². The number of rotatable bonds is 6. The van der Waals surface area contributed by atoms with Crippen LogP contribution in [0.1, 0.15) is 25.5 Å². The molecule has 3 aromatic rings. The van der Waals surface area contributed by atoms with E-state index in [0.29, 0.717) is 35.7 Å². The Hall–Kier alpha value is -3.14. The molecule has 0 bridgehead atoms. The van der Waals surface area contributed by atoms with Crippen LogP contribution in [0.2, 0.25) is 0 Å². The molecule has 1 aromatic carbocycles. The molecule has 2 aromatic heterocycles. The minimum absolute atomic E-state index is 0.0275. The van der Waals surface area contributed by atoms with E-state index in [1.54, 1.807) is 35.8 Å². The van der Waals surface area contributed by atoms with Crippen molar-refractivity contribution in [1.29, 1.82) is 0 Å². The Bertz CT molecular complexity index is 1250. The predicted octanol–water partition coefficient (Wildman–Crippen LogP) is 2.61. The third-order valence-electron chi connectivity index (χ3n) is 5.75. The van der Waals surface area contributed by atoms with Gasteiger partial charge in [-0.15, -0.1) is 0 Å². The second-order valence-electron chi connectivity index (χ2n) is 8.33. The van der Waals surface area contributed by atoms with Crippen LogP contribution >= 0.6 is 0 Å². The first-order chi connectivity index (χ1) is 15.2. The average molecular weight is 459 g/mol. The molecule has 4 rings (SSSR count). The zero-order chi connectivity index (χ0) is 22.9. The summed E-state index contributed by atoms with van der Waals surface area (Å²) in [6, 6.07) is 8.49. The van der Waals surface area contributed by atoms with Crippen molar-refractivity contribution >= 4 is 38.4 Å². The highest BCUT2D eigenvalue weighted by molar-refractivity contribution is 7.92. The van der Waals surface area contributed by atoms with E-state index in [0.717, 1.165) is 12.8 Å². The molecule has 2 amide bonds. The number of anilines is 1. The van der Waals surface area contributed by atoms with Gasteiger partial charge in [-0.3, -0.25) is 9.59 Å². The van der Waals surface area contributed by atoms with Crippen molar-refractivity contribution in [1.82, 2.24) is 14.6 Å². The SMILES string of the molecule is Cc1cc(NC(=O)CS(=O)(=O)c2cn(CC(=O)N3CCC(C)CC3)c3ccccc23)no1. The van der Waals surface area contributed by atoms with Gasteiger partial charge in [0.25, 0.3) is 0 Å². The Kier molecular flexibility index (Phi) is 6.05. The molecule has 0 radical (unpaired) electrons. The van der Waals surface area contributed by atoms with E-state index >= 15 is 0 Å². The highest BCUT2D eigenvalue weighted by Gasteiger charge is 2.26. The maximum absolute atomic E-state index is 13.1. The monoisotopic (exact) mass is 458 g/mol. The summed E-state index contributed by atoms with van der Waals surface area (Å²) in [4.78, 5) is 27.0. The van der Waals surface area contributed by atoms with Crippen LogP contribution in [0, 0.1) is 12.8 Å². The van der Waals surface area contributed by atoms with E-state index < -0.39 is 21.5 Å². The van der Waals surface area contributed by atoms with Crippen LogP contribution in [0.4, 0.5) is 5.82 Å². The van der Waals surface area contributed by atoms with Gasteiger partial charge in [0.05, 0.1) is 4.90 Å². The molecule has 0 unspecified atom stereocenters. The molecule has 1 saturated heterocycles. The number of fused-ring (bicyclic) bond motifs is 1. The molecule has 1 aliphatic rings. The molecule has 0 atom stereocenters. The number of hydrogen-bond donors (Lipinski definition) is 1. The van der Waals surface area contributed by atoms with E-state index in [1.807, 2.05) is 4.90 Å². The molecule has 1 aliphatic heterocycles. The second kappa shape index (κ2) is 8.78. The lowest BCUT2D eigenvalue weighted by molar-refractivity contribution is -0.133. The molecule has 10 heteroatoms. The molecule has 32 heavy (non-hydrogen) atoms. The Morgan fingerprint density at radius 2 is 1.94 bits per heavy atom. The number of likely N-dealkylation sites (tertiary alicyclic amines) is 1. The lowest BCUT2D eigenvalue weighted by atomic mass is 9.99. The normalized spacial score (nSPS) is 15.2. The van der Waals surface area contributed by atoms with E-state index in [9.17, 15) is 18.0 Å². The number of sulfone groups is 1. The second-order valence-corrected chi connectivity index (χ2v) is 10.3. The summed E-state index contributed by atoms with van der Waals surface area (Å²) in [5.74, 6) is -0.235. The summed E-state index contributed by atoms with van der Waals surface area (Å²) >= 11 is 0. The largest absolute Gasteiger partial charge is 0.360 e. The lowest BCUT2D eigenvalue weighted by Gasteiger charge is -2.30. The van der Waals surface area contributed by atoms with Crippen LogP contribution in [0.3, 0.4) is 0 Å². The van der Waals surface area contributed by atoms with Gasteiger partial charge in [-0.25, -0.2) is 8.42 Å². The number of benzene rings is 1. The van der Waals surface area contributed by atoms with Crippen molar-refractivity contribution < 1.29 is 22.5 Å². The minimum atomic E-state index is -3.96. The predicted molar refractivity (Wildman–Crippen MR) is 119 cm³/mol. The number of carbonyl (C=O) groups excluding carboxylic acids is 2. The quantitative estimate of drug-likeness (QED) is 0.607. The summed E-state index contributed by atoms with van der Waals surface area (Å²) in [7, 11) is -3.96. The Morgan fingerprint density at radius 1 is 1.22 bits per heavy atom. The van der Waals surface area contributed by atoms with Crippen molar-refractivity contribution in [2.45, 2.75) is 38.1 Å². The third-order valence-corrected chi connectivity index (χ3v) is 7.38. The molecule has 0 aliphatic carbocycles. The highest BCUT2D eigenvalue weighted by atomic mass is 32.2. The van der Waals surface area contributed by atoms with Gasteiger partial charge >= 0.3 is 0 Å². The fourth-order valence-electron chi connectivity index (χ4n) is 3.95. The Morgan fingerprint density at radius 3 is 2.62 bits per heavy atom. The number of para-hydroxylation sites is 1. The first-order valence-electron chi connectivity index (χ1n) is 10.5. The van der Waals surface area contributed by atoms with Gasteiger partial charge in [-0.1, -0.05) is 30.3 Å². The number of aryl methyl sites for hydroxylation is 1. The molecule has 9 nitrogen and oxygen atoms in total. The molecular weight excluding hydrogens is 432 g/mol. The van der Waals surface area contributed by atoms with Crippen molar-refractivity contribution in [2.75, 3.05) is 24.2 Å². The van der Waals surface area contributed by atoms with Crippen LogP contribution in [0.5, 0.6) is 0 Å². The summed E-state index contributed by atoms with van der Waals surface area (Å²) in [5.41, 5.74) is 0.636. The van der Waals surface area contributed by atoms with Crippen LogP contribution in [0.25, 0.3) is 10.9 Å². The summed E-state index contributed by atoms with van der Waals surface area (Å²) in [6.45, 7) is 5.32. The Balaban J connectivity index is 1.56. The van der Waals surface area contributed by atoms with Gasteiger partial charge in [0.15, 0.2) is 15.7 Å². The molecule has 0 saturated carbocycles. The van der Waals surface area contributed by atoms with Crippen molar-refractivity contribution in [3.8, 4) is 0 Å². The van der Waals surface area contributed by atoms with Gasteiger partial charge in [0.2, 0.25) is 11.8 Å². The topological polar surface area (TPSA) is 115 Å². The molecule has 3 heterocycles. The maximum Gasteiger partial charge on any atom is 0.242 e. The zero-order valence-electron chi connectivity index (χ0n) is 18.1. The number of aromatic nitrogens is 2. The maximum atomic E-state index is 13.1. The lowest BCUT2D eigenvalue weighted by Crippen LogP contribution is -2.39. The summed E-state index contributed by atoms with van der Waals surface area (Å²) < 4.78 is 32.7. The molecular formula is C22H26N4O5S. The fraction of sp³-hybridized carbons (Fsp3) is 0.409. The van der Waals surface area contributed by atoms with E-state index in [-0.39, 0.29) is 23.2 Å². The van der Waals surface area contributed by atoms with Crippen LogP contribution < -0.4 is 5.32 Å². The minimum Gasteiger partial charge on any atom is -0.360 e. The van der Waals surface area contributed by atoms with Gasteiger partial charge in [0.1, 0.15) is 18.1 Å². The first-order valence-corrected chi connectivity index (χ1v) is 12.2. The van der Waals surface area contributed by atoms with Gasteiger partial charge in [0, 0.05) is 36.3 Å². The summed E-state index contributed by atoms with van der Waals surface area (Å²) in [5, 5.41) is 6.56.